The van der Waals surface area contributed by atoms with Crippen molar-refractivity contribution in [1.82, 2.24) is 47.5 Å². The first-order valence-corrected chi connectivity index (χ1v) is 27.1. The van der Waals surface area contributed by atoms with Crippen LogP contribution in [0.1, 0.15) is 98.5 Å². The second kappa shape index (κ2) is 35.2. The molecule has 1 aromatic heterocycles. The average molecular weight is 1150 g/mol. The van der Waals surface area contributed by atoms with Crippen molar-refractivity contribution in [2.45, 2.75) is 148 Å². The van der Waals surface area contributed by atoms with E-state index in [4.69, 9.17) is 28.7 Å². The van der Waals surface area contributed by atoms with Crippen LogP contribution in [0.2, 0.25) is 0 Å². The van der Waals surface area contributed by atoms with E-state index < -0.39 is 139 Å². The van der Waals surface area contributed by atoms with Crippen LogP contribution < -0.4 is 71.2 Å². The first-order chi connectivity index (χ1) is 37.7. The average Bonchev–Trinajstić information content (AvgIpc) is 3.80. The number of benzene rings is 1. The van der Waals surface area contributed by atoms with Crippen molar-refractivity contribution >= 4 is 94.5 Å². The van der Waals surface area contributed by atoms with Gasteiger partial charge in [-0.05, 0) is 75.8 Å². The van der Waals surface area contributed by atoms with Gasteiger partial charge in [0, 0.05) is 67.2 Å². The minimum Gasteiger partial charge on any atom is -0.481 e. The molecule has 2 rings (SSSR count). The molecule has 21 N–H and O–H groups in total. The third kappa shape index (κ3) is 25.1. The summed E-state index contributed by atoms with van der Waals surface area (Å²) in [6.45, 7) is 9.00. The molecule has 0 saturated carbocycles. The van der Waals surface area contributed by atoms with Gasteiger partial charge in [-0.3, -0.25) is 57.9 Å². The normalized spacial score (nSPS) is 14.5. The lowest BCUT2D eigenvalue weighted by Gasteiger charge is -2.27. The number of nitrogens with one attached hydrogen (secondary N) is 9. The summed E-state index contributed by atoms with van der Waals surface area (Å²) in [5.41, 5.74) is 28.5. The zero-order valence-corrected chi connectivity index (χ0v) is 47.2. The van der Waals surface area contributed by atoms with Crippen molar-refractivity contribution in [3.05, 3.63) is 36.0 Å². The molecular weight excluding hydrogens is 1060 g/mol. The Hall–Kier alpha value is -7.53. The van der Waals surface area contributed by atoms with Crippen LogP contribution in [-0.4, -0.2) is 166 Å². The van der Waals surface area contributed by atoms with Gasteiger partial charge in [-0.15, -0.1) is 0 Å². The SMILES string of the molecule is CC(C)C[C@H](NC(=O)[C@H](CCCN=C(N)N)NC(=O)[C@H](Cc1c[nH]c2ccccc12)NC(=O)CNC(=O)[C@@H](NC(=O)[C@@H](NC(=O)CN)C(C)C)[C@@H](C)O)C(=O)N[C@@H](CS)C(=O)C[C@@H](CCC(=O)O)C(=O)N[C@H](C)CCCN=C(N)N. The van der Waals surface area contributed by atoms with Gasteiger partial charge in [0.1, 0.15) is 30.2 Å². The Bertz CT molecular complexity index is 2480. The van der Waals surface area contributed by atoms with Crippen molar-refractivity contribution in [1.29, 1.82) is 0 Å². The minimum atomic E-state index is -1.59. The van der Waals surface area contributed by atoms with E-state index in [0.717, 1.165) is 0 Å². The van der Waals surface area contributed by atoms with E-state index in [-0.39, 0.29) is 68.3 Å². The van der Waals surface area contributed by atoms with Gasteiger partial charge in [0.15, 0.2) is 17.7 Å². The molecule has 1 aromatic carbocycles. The fraction of sp³-hybridized carbons (Fsp3) is 0.608. The van der Waals surface area contributed by atoms with Crippen LogP contribution in [0.3, 0.4) is 0 Å². The van der Waals surface area contributed by atoms with Gasteiger partial charge in [-0.2, -0.15) is 12.6 Å². The highest BCUT2D eigenvalue weighted by atomic mass is 32.1. The van der Waals surface area contributed by atoms with Crippen LogP contribution in [0.15, 0.2) is 40.4 Å². The van der Waals surface area contributed by atoms with E-state index in [9.17, 15) is 58.2 Å². The molecule has 0 saturated heterocycles. The number of aliphatic carboxylic acids is 1. The predicted octanol–water partition coefficient (Wildman–Crippen LogP) is -3.24. The Morgan fingerprint density at radius 1 is 0.650 bits per heavy atom. The van der Waals surface area contributed by atoms with E-state index in [0.29, 0.717) is 35.9 Å². The first-order valence-electron chi connectivity index (χ1n) is 26.4. The highest BCUT2D eigenvalue weighted by molar-refractivity contribution is 7.80. The molecule has 2 aromatic rings. The number of rotatable bonds is 37. The van der Waals surface area contributed by atoms with Crippen LogP contribution in [0.5, 0.6) is 0 Å². The van der Waals surface area contributed by atoms with E-state index in [1.165, 1.54) is 6.92 Å². The maximum atomic E-state index is 14.5. The standard InChI is InChI=1S/C51H84N16O12S/c1-26(2)19-35(46(76)65-37(25-80)38(69)21-30(15-16-41(72)73)44(74)61-28(5)11-9-17-57-50(53)54)64-45(75)34(14-10-18-58-51(55)56)63-47(77)36(20-31-23-59-33-13-8-7-12-32(31)33)62-40(71)24-60-48(78)43(29(6)68)67-49(79)42(27(3)4)66-39(70)22-52/h7-8,12-13,23,26-30,34-37,42-43,59,68,80H,9-11,14-22,24-25,52H2,1-6H3,(H,60,78)(H,61,74)(H,62,71)(H,63,77)(H,64,75)(H,65,76)(H,66,70)(H,67,79)(H,72,73)(H4,53,54,57)(H4,55,56,58)/t28-,29-,30-,34+,35+,36+,37+,42+,43+/m1/s1. The number of para-hydroxylation sites is 1. The fourth-order valence-electron chi connectivity index (χ4n) is 8.24. The predicted molar refractivity (Wildman–Crippen MR) is 303 cm³/mol. The number of aromatic nitrogens is 1. The van der Waals surface area contributed by atoms with Crippen LogP contribution in [0, 0.1) is 17.8 Å². The van der Waals surface area contributed by atoms with Crippen molar-refractivity contribution < 1.29 is 58.2 Å². The molecule has 9 atom stereocenters. The van der Waals surface area contributed by atoms with Gasteiger partial charge in [0.2, 0.25) is 47.3 Å². The number of thiol groups is 1. The number of nitrogens with zero attached hydrogens (tertiary/aromatic N) is 2. The van der Waals surface area contributed by atoms with Gasteiger partial charge in [0.05, 0.1) is 25.2 Å². The van der Waals surface area contributed by atoms with E-state index in [2.05, 4.69) is 70.1 Å². The lowest BCUT2D eigenvalue weighted by molar-refractivity contribution is -0.138. The smallest absolute Gasteiger partial charge is 0.303 e. The molecule has 0 aliphatic carbocycles. The third-order valence-corrected chi connectivity index (χ3v) is 12.9. The maximum Gasteiger partial charge on any atom is 0.303 e. The summed E-state index contributed by atoms with van der Waals surface area (Å²) in [5, 5.41) is 41.3. The Balaban J connectivity index is 2.42. The number of Topliss-reactive ketones (excluding diaryl/α,β-unsaturated/α-hetero) is 1. The Kier molecular flexibility index (Phi) is 30.1. The second-order valence-corrected chi connectivity index (χ2v) is 20.6. The fourth-order valence-corrected chi connectivity index (χ4v) is 8.53. The van der Waals surface area contributed by atoms with E-state index in [1.54, 1.807) is 65.1 Å². The number of carboxylic acids is 1. The second-order valence-electron chi connectivity index (χ2n) is 20.2. The van der Waals surface area contributed by atoms with Crippen LogP contribution in [-0.2, 0) is 54.4 Å². The number of fused-ring (bicyclic) bond motifs is 1. The van der Waals surface area contributed by atoms with Crippen LogP contribution >= 0.6 is 12.6 Å². The molecule has 80 heavy (non-hydrogen) atoms. The summed E-state index contributed by atoms with van der Waals surface area (Å²) < 4.78 is 0. The molecule has 0 spiro atoms. The number of aromatic amines is 1. The quantitative estimate of drug-likeness (QED) is 0.0137. The number of hydrogen-bond donors (Lipinski definition) is 17. The number of aliphatic hydroxyl groups is 1. The van der Waals surface area contributed by atoms with Gasteiger partial charge in [0.25, 0.3) is 0 Å². The van der Waals surface area contributed by atoms with Crippen molar-refractivity contribution in [3.8, 4) is 0 Å². The summed E-state index contributed by atoms with van der Waals surface area (Å²) in [5.74, 6) is -10.5. The number of hydrogen-bond acceptors (Lipinski definition) is 15. The zero-order chi connectivity index (χ0) is 60.2. The minimum absolute atomic E-state index is 0.0248. The molecule has 8 amide bonds. The Morgan fingerprint density at radius 3 is 1.81 bits per heavy atom. The molecule has 446 valence electrons. The molecule has 1 heterocycles. The highest BCUT2D eigenvalue weighted by Gasteiger charge is 2.35. The topological polar surface area (TPSA) is 478 Å². The number of guanidine groups is 2. The molecule has 0 aliphatic rings. The van der Waals surface area contributed by atoms with Gasteiger partial charge in [-0.1, -0.05) is 45.9 Å². The number of amides is 8. The molecule has 0 aliphatic heterocycles. The molecule has 0 radical (unpaired) electrons. The lowest BCUT2D eigenvalue weighted by atomic mass is 9.93. The molecular formula is C51H84N16O12S. The Labute approximate surface area is 470 Å². The van der Waals surface area contributed by atoms with Gasteiger partial charge in [-0.25, -0.2) is 0 Å². The number of ketones is 1. The summed E-state index contributed by atoms with van der Waals surface area (Å²) in [6.07, 6.45) is 0.0378. The van der Waals surface area contributed by atoms with Crippen molar-refractivity contribution in [2.75, 3.05) is 31.9 Å². The van der Waals surface area contributed by atoms with Crippen molar-refractivity contribution in [3.63, 3.8) is 0 Å². The van der Waals surface area contributed by atoms with Crippen molar-refractivity contribution in [2.24, 2.45) is 56.4 Å². The van der Waals surface area contributed by atoms with Crippen LogP contribution in [0.4, 0.5) is 0 Å². The molecule has 0 unspecified atom stereocenters. The number of aliphatic hydroxyl groups excluding tert-OH is 1. The number of H-pyrrole nitrogens is 1. The Morgan fingerprint density at radius 2 is 1.24 bits per heavy atom. The van der Waals surface area contributed by atoms with E-state index in [1.807, 2.05) is 0 Å². The summed E-state index contributed by atoms with van der Waals surface area (Å²) in [4.78, 5) is 145. The molecule has 29 heteroatoms. The number of carbonyl (C=O) groups is 10. The maximum absolute atomic E-state index is 14.5. The molecule has 0 bridgehead atoms. The number of aliphatic imine (C=N–C) groups is 2. The van der Waals surface area contributed by atoms with Gasteiger partial charge < -0.3 is 86.4 Å². The van der Waals surface area contributed by atoms with Crippen LogP contribution in [0.25, 0.3) is 10.9 Å². The highest BCUT2D eigenvalue weighted by Crippen LogP contribution is 2.20. The van der Waals surface area contributed by atoms with E-state index >= 15 is 0 Å². The largest absolute Gasteiger partial charge is 0.481 e. The summed E-state index contributed by atoms with van der Waals surface area (Å²) in [7, 11) is 0. The summed E-state index contributed by atoms with van der Waals surface area (Å²) >= 11 is 4.30. The number of carbonyl (C=O) groups excluding carboxylic acids is 9. The summed E-state index contributed by atoms with van der Waals surface area (Å²) in [6, 6.07) is -1.35. The first kappa shape index (κ1) is 68.6. The zero-order valence-electron chi connectivity index (χ0n) is 46.3. The molecule has 28 nitrogen and oxygen atoms in total. The number of nitrogens with two attached hydrogens (primary N) is 5. The lowest BCUT2D eigenvalue weighted by Crippen LogP contribution is -2.60. The van der Waals surface area contributed by atoms with Gasteiger partial charge >= 0.3 is 5.97 Å². The third-order valence-electron chi connectivity index (χ3n) is 12.5. The number of carboxylic acid groups (broad SMARTS) is 1. The molecule has 0 fully saturated rings. The monoisotopic (exact) mass is 1140 g/mol.